The zero-order chi connectivity index (χ0) is 16.8. The summed E-state index contributed by atoms with van der Waals surface area (Å²) in [6.45, 7) is 0. The van der Waals surface area contributed by atoms with Gasteiger partial charge in [-0.2, -0.15) is 0 Å². The smallest absolute Gasteiger partial charge is 0.200 e. The molecule has 0 atom stereocenters. The molecule has 0 bridgehead atoms. The second kappa shape index (κ2) is 5.63. The number of furan rings is 1. The van der Waals surface area contributed by atoms with Gasteiger partial charge >= 0.3 is 0 Å². The van der Waals surface area contributed by atoms with Crippen LogP contribution in [-0.4, -0.2) is 14.8 Å². The Labute approximate surface area is 149 Å². The van der Waals surface area contributed by atoms with Gasteiger partial charge in [0.25, 0.3) is 0 Å². The van der Waals surface area contributed by atoms with Crippen molar-refractivity contribution in [1.82, 2.24) is 14.8 Å². The topological polar surface area (TPSA) is 43.9 Å². The Bertz CT molecular complexity index is 1010. The van der Waals surface area contributed by atoms with E-state index < -0.39 is 0 Å². The van der Waals surface area contributed by atoms with Gasteiger partial charge in [-0.1, -0.05) is 60.3 Å². The predicted octanol–water partition coefficient (Wildman–Crippen LogP) is 4.94. The number of nitrogens with zero attached hydrogens (tertiary/aromatic N) is 3. The Morgan fingerprint density at radius 3 is 2.20 bits per heavy atom. The first-order valence-electron chi connectivity index (χ1n) is 8.11. The van der Waals surface area contributed by atoms with Gasteiger partial charge in [0, 0.05) is 7.05 Å². The van der Waals surface area contributed by atoms with Crippen molar-refractivity contribution >= 4 is 11.8 Å². The Kier molecular flexibility index (Phi) is 3.28. The van der Waals surface area contributed by atoms with E-state index in [1.54, 1.807) is 18.0 Å². The van der Waals surface area contributed by atoms with Gasteiger partial charge in [-0.15, -0.1) is 10.2 Å². The fourth-order valence-electron chi connectivity index (χ4n) is 3.38. The van der Waals surface area contributed by atoms with Crippen molar-refractivity contribution in [2.24, 2.45) is 7.05 Å². The van der Waals surface area contributed by atoms with Crippen LogP contribution in [0, 0.1) is 0 Å². The standard InChI is InChI=1S/C20H15N3OS/c1-23-19(17-11-6-12-24-17)21-22-20(23)25-18-15-9-4-2-7-13(15)14-8-3-5-10-16(14)18/h2-12,18H,1H3. The Morgan fingerprint density at radius 2 is 1.56 bits per heavy atom. The van der Waals surface area contributed by atoms with Crippen molar-refractivity contribution in [2.75, 3.05) is 0 Å². The predicted molar refractivity (Wildman–Crippen MR) is 98.3 cm³/mol. The summed E-state index contributed by atoms with van der Waals surface area (Å²) in [6, 6.07) is 21.0. The number of benzene rings is 2. The SMILES string of the molecule is Cn1c(SC2c3ccccc3-c3ccccc32)nnc1-c1ccco1. The Hall–Kier alpha value is -2.79. The second-order valence-electron chi connectivity index (χ2n) is 6.01. The lowest BCUT2D eigenvalue weighted by molar-refractivity contribution is 0.572. The maximum absolute atomic E-state index is 5.46. The Morgan fingerprint density at radius 1 is 0.880 bits per heavy atom. The molecule has 5 rings (SSSR count). The highest BCUT2D eigenvalue weighted by Crippen LogP contribution is 2.51. The molecule has 1 aliphatic carbocycles. The number of rotatable bonds is 3. The van der Waals surface area contributed by atoms with Crippen molar-refractivity contribution in [3.63, 3.8) is 0 Å². The quantitative estimate of drug-likeness (QED) is 0.528. The molecule has 4 aromatic rings. The average molecular weight is 345 g/mol. The van der Waals surface area contributed by atoms with Crippen LogP contribution in [-0.2, 0) is 7.05 Å². The van der Waals surface area contributed by atoms with Gasteiger partial charge in [-0.25, -0.2) is 0 Å². The third-order valence-corrected chi connectivity index (χ3v) is 5.89. The van der Waals surface area contributed by atoms with Gasteiger partial charge in [0.05, 0.1) is 11.5 Å². The van der Waals surface area contributed by atoms with Crippen LogP contribution >= 0.6 is 11.8 Å². The Balaban J connectivity index is 1.57. The van der Waals surface area contributed by atoms with Crippen LogP contribution in [0.4, 0.5) is 0 Å². The maximum Gasteiger partial charge on any atom is 0.200 e. The molecular weight excluding hydrogens is 330 g/mol. The first kappa shape index (κ1) is 14.5. The van der Waals surface area contributed by atoms with Crippen molar-refractivity contribution in [3.05, 3.63) is 78.1 Å². The molecule has 0 unspecified atom stereocenters. The molecule has 1 aliphatic rings. The van der Waals surface area contributed by atoms with Crippen molar-refractivity contribution < 1.29 is 4.42 Å². The molecule has 122 valence electrons. The van der Waals surface area contributed by atoms with Gasteiger partial charge < -0.3 is 8.98 Å². The molecular formula is C20H15N3OS. The van der Waals surface area contributed by atoms with E-state index in [0.717, 1.165) is 16.7 Å². The van der Waals surface area contributed by atoms with Gasteiger partial charge in [0.15, 0.2) is 16.7 Å². The number of aromatic nitrogens is 3. The minimum atomic E-state index is 0.222. The van der Waals surface area contributed by atoms with E-state index in [-0.39, 0.29) is 5.25 Å². The summed E-state index contributed by atoms with van der Waals surface area (Å²) in [6.07, 6.45) is 1.65. The molecule has 0 fully saturated rings. The third kappa shape index (κ3) is 2.23. The zero-order valence-electron chi connectivity index (χ0n) is 13.6. The van der Waals surface area contributed by atoms with E-state index in [0.29, 0.717) is 0 Å². The van der Waals surface area contributed by atoms with Gasteiger partial charge in [-0.3, -0.25) is 0 Å². The molecule has 0 saturated carbocycles. The van der Waals surface area contributed by atoms with E-state index in [1.807, 2.05) is 23.7 Å². The molecule has 0 radical (unpaired) electrons. The second-order valence-corrected chi connectivity index (χ2v) is 7.09. The van der Waals surface area contributed by atoms with Crippen molar-refractivity contribution in [2.45, 2.75) is 10.4 Å². The molecule has 2 aromatic heterocycles. The first-order chi connectivity index (χ1) is 12.3. The molecule has 2 heterocycles. The molecule has 0 amide bonds. The lowest BCUT2D eigenvalue weighted by Gasteiger charge is -2.12. The van der Waals surface area contributed by atoms with Crippen LogP contribution in [0.5, 0.6) is 0 Å². The minimum Gasteiger partial charge on any atom is -0.461 e. The normalized spacial score (nSPS) is 13.0. The highest BCUT2D eigenvalue weighted by molar-refractivity contribution is 7.99. The highest BCUT2D eigenvalue weighted by Gasteiger charge is 2.30. The number of hydrogen-bond donors (Lipinski definition) is 0. The maximum atomic E-state index is 5.46. The summed E-state index contributed by atoms with van der Waals surface area (Å²) in [4.78, 5) is 0. The summed E-state index contributed by atoms with van der Waals surface area (Å²) in [5.41, 5.74) is 5.28. The number of hydrogen-bond acceptors (Lipinski definition) is 4. The molecule has 0 saturated heterocycles. The molecule has 4 nitrogen and oxygen atoms in total. The van der Waals surface area contributed by atoms with Crippen molar-refractivity contribution in [3.8, 4) is 22.7 Å². The zero-order valence-corrected chi connectivity index (χ0v) is 14.4. The third-order valence-electron chi connectivity index (χ3n) is 4.58. The van der Waals surface area contributed by atoms with Gasteiger partial charge in [-0.05, 0) is 34.4 Å². The van der Waals surface area contributed by atoms with Crippen LogP contribution in [0.25, 0.3) is 22.7 Å². The highest BCUT2D eigenvalue weighted by atomic mass is 32.2. The molecule has 0 spiro atoms. The average Bonchev–Trinajstić information content (AvgIpc) is 3.36. The fraction of sp³-hybridized carbons (Fsp3) is 0.100. The monoisotopic (exact) mass is 345 g/mol. The first-order valence-corrected chi connectivity index (χ1v) is 8.99. The van der Waals surface area contributed by atoms with E-state index in [1.165, 1.54) is 22.3 Å². The number of fused-ring (bicyclic) bond motifs is 3. The van der Waals surface area contributed by atoms with E-state index in [9.17, 15) is 0 Å². The summed E-state index contributed by atoms with van der Waals surface area (Å²) in [5.74, 6) is 1.47. The van der Waals surface area contributed by atoms with E-state index >= 15 is 0 Å². The fourth-order valence-corrected chi connectivity index (χ4v) is 4.59. The van der Waals surface area contributed by atoms with Gasteiger partial charge in [0.1, 0.15) is 0 Å². The lowest BCUT2D eigenvalue weighted by Crippen LogP contribution is -1.97. The molecule has 25 heavy (non-hydrogen) atoms. The summed E-state index contributed by atoms with van der Waals surface area (Å²) >= 11 is 1.73. The van der Waals surface area contributed by atoms with Crippen LogP contribution < -0.4 is 0 Å². The van der Waals surface area contributed by atoms with E-state index in [4.69, 9.17) is 4.42 Å². The molecule has 0 N–H and O–H groups in total. The van der Waals surface area contributed by atoms with E-state index in [2.05, 4.69) is 58.7 Å². The molecule has 0 aliphatic heterocycles. The van der Waals surface area contributed by atoms with Crippen LogP contribution in [0.3, 0.4) is 0 Å². The largest absolute Gasteiger partial charge is 0.461 e. The summed E-state index contributed by atoms with van der Waals surface area (Å²) in [7, 11) is 1.98. The molecule has 5 heteroatoms. The van der Waals surface area contributed by atoms with Gasteiger partial charge in [0.2, 0.25) is 0 Å². The van der Waals surface area contributed by atoms with Crippen LogP contribution in [0.1, 0.15) is 16.4 Å². The number of thioether (sulfide) groups is 1. The van der Waals surface area contributed by atoms with Crippen LogP contribution in [0.2, 0.25) is 0 Å². The minimum absolute atomic E-state index is 0.222. The summed E-state index contributed by atoms with van der Waals surface area (Å²) < 4.78 is 7.46. The lowest BCUT2D eigenvalue weighted by atomic mass is 10.1. The van der Waals surface area contributed by atoms with Crippen molar-refractivity contribution in [1.29, 1.82) is 0 Å². The van der Waals surface area contributed by atoms with Crippen LogP contribution in [0.15, 0.2) is 76.5 Å². The summed E-state index contributed by atoms with van der Waals surface area (Å²) in [5, 5.41) is 9.81. The molecule has 2 aromatic carbocycles.